The maximum Gasteiger partial charge on any atom is 0.434 e. The fourth-order valence-electron chi connectivity index (χ4n) is 3.21. The fraction of sp³-hybridized carbons (Fsp3) is 0.278. The summed E-state index contributed by atoms with van der Waals surface area (Å²) in [5, 5.41) is 0. The highest BCUT2D eigenvalue weighted by Crippen LogP contribution is 2.35. The van der Waals surface area contributed by atoms with Crippen LogP contribution in [0.4, 0.5) is 26.3 Å². The van der Waals surface area contributed by atoms with Crippen LogP contribution in [0.1, 0.15) is 18.3 Å². The molecular weight excluding hydrogens is 464 g/mol. The highest BCUT2D eigenvalue weighted by Gasteiger charge is 2.35. The SMILES string of the molecule is CCS(=O)(=O)c1cn2cc(C(F)(F)F)nc2cc1-c1nc2cc(C(F)(F)F)ncc2n1C. The Morgan fingerprint density at radius 1 is 0.969 bits per heavy atom. The van der Waals surface area contributed by atoms with Gasteiger partial charge in [0.15, 0.2) is 15.5 Å². The van der Waals surface area contributed by atoms with Crippen LogP contribution in [0.25, 0.3) is 28.1 Å². The number of rotatable bonds is 3. The first-order valence-corrected chi connectivity index (χ1v) is 10.6. The molecule has 4 aromatic heterocycles. The van der Waals surface area contributed by atoms with Crippen molar-refractivity contribution in [3.8, 4) is 11.4 Å². The molecule has 0 aliphatic rings. The fourth-order valence-corrected chi connectivity index (χ4v) is 4.28. The Labute approximate surface area is 176 Å². The molecule has 4 rings (SSSR count). The topological polar surface area (TPSA) is 82.2 Å². The Morgan fingerprint density at radius 3 is 2.22 bits per heavy atom. The molecule has 7 nitrogen and oxygen atoms in total. The summed E-state index contributed by atoms with van der Waals surface area (Å²) in [6.07, 6.45) is -6.88. The minimum atomic E-state index is -4.76. The van der Waals surface area contributed by atoms with Gasteiger partial charge in [0.25, 0.3) is 0 Å². The Bertz CT molecular complexity index is 1470. The maximum atomic E-state index is 13.1. The molecule has 0 N–H and O–H groups in total. The van der Waals surface area contributed by atoms with E-state index in [9.17, 15) is 34.8 Å². The average molecular weight is 477 g/mol. The normalized spacial score (nSPS) is 13.4. The van der Waals surface area contributed by atoms with Gasteiger partial charge in [0.1, 0.15) is 17.2 Å². The zero-order valence-electron chi connectivity index (χ0n) is 16.3. The van der Waals surface area contributed by atoms with E-state index in [0.717, 1.165) is 22.9 Å². The van der Waals surface area contributed by atoms with E-state index >= 15 is 0 Å². The minimum Gasteiger partial charge on any atom is -0.326 e. The number of aryl methyl sites for hydroxylation is 1. The second-order valence-corrected chi connectivity index (χ2v) is 9.14. The van der Waals surface area contributed by atoms with Crippen molar-refractivity contribution in [2.24, 2.45) is 7.05 Å². The van der Waals surface area contributed by atoms with Gasteiger partial charge in [0.05, 0.1) is 27.9 Å². The first-order chi connectivity index (χ1) is 14.7. The molecule has 0 unspecified atom stereocenters. The van der Waals surface area contributed by atoms with Crippen LogP contribution < -0.4 is 0 Å². The minimum absolute atomic E-state index is 0.0628. The van der Waals surface area contributed by atoms with Gasteiger partial charge in [-0.1, -0.05) is 6.92 Å². The summed E-state index contributed by atoms with van der Waals surface area (Å²) in [6, 6.07) is 1.82. The van der Waals surface area contributed by atoms with E-state index in [1.165, 1.54) is 18.5 Å². The number of alkyl halides is 6. The van der Waals surface area contributed by atoms with Crippen molar-refractivity contribution in [3.05, 3.63) is 42.1 Å². The largest absolute Gasteiger partial charge is 0.434 e. The lowest BCUT2D eigenvalue weighted by Crippen LogP contribution is -2.09. The number of fused-ring (bicyclic) bond motifs is 2. The third kappa shape index (κ3) is 3.57. The number of imidazole rings is 2. The van der Waals surface area contributed by atoms with Crippen molar-refractivity contribution < 1.29 is 34.8 Å². The molecule has 0 fully saturated rings. The summed E-state index contributed by atoms with van der Waals surface area (Å²) >= 11 is 0. The molecular formula is C18H13F6N5O2S. The Kier molecular flexibility index (Phi) is 4.77. The van der Waals surface area contributed by atoms with E-state index in [0.29, 0.717) is 12.3 Å². The zero-order chi connectivity index (χ0) is 23.6. The molecule has 0 saturated carbocycles. The first-order valence-electron chi connectivity index (χ1n) is 8.95. The van der Waals surface area contributed by atoms with Crippen molar-refractivity contribution in [2.45, 2.75) is 24.2 Å². The zero-order valence-corrected chi connectivity index (χ0v) is 17.1. The molecule has 4 aromatic rings. The van der Waals surface area contributed by atoms with Gasteiger partial charge in [0, 0.05) is 25.0 Å². The monoisotopic (exact) mass is 477 g/mol. The number of hydrogen-bond acceptors (Lipinski definition) is 5. The van der Waals surface area contributed by atoms with Crippen LogP contribution in [0.3, 0.4) is 0 Å². The lowest BCUT2D eigenvalue weighted by atomic mass is 10.2. The van der Waals surface area contributed by atoms with E-state index in [-0.39, 0.29) is 38.7 Å². The Hall–Kier alpha value is -3.16. The molecule has 0 aromatic carbocycles. The smallest absolute Gasteiger partial charge is 0.326 e. The van der Waals surface area contributed by atoms with E-state index in [1.807, 2.05) is 0 Å². The lowest BCUT2D eigenvalue weighted by Gasteiger charge is -2.10. The van der Waals surface area contributed by atoms with E-state index in [1.54, 1.807) is 0 Å². The number of halogens is 6. The molecule has 0 radical (unpaired) electrons. The molecule has 0 bridgehead atoms. The van der Waals surface area contributed by atoms with Crippen molar-refractivity contribution in [1.82, 2.24) is 23.9 Å². The van der Waals surface area contributed by atoms with Crippen molar-refractivity contribution in [3.63, 3.8) is 0 Å². The van der Waals surface area contributed by atoms with Gasteiger partial charge in [-0.05, 0) is 12.1 Å². The van der Waals surface area contributed by atoms with Gasteiger partial charge < -0.3 is 8.97 Å². The first kappa shape index (κ1) is 22.0. The van der Waals surface area contributed by atoms with Crippen LogP contribution >= 0.6 is 0 Å². The summed E-state index contributed by atoms with van der Waals surface area (Å²) in [5.41, 5.74) is -2.64. The van der Waals surface area contributed by atoms with Crippen molar-refractivity contribution in [2.75, 3.05) is 5.75 Å². The third-order valence-corrected chi connectivity index (χ3v) is 6.62. The number of nitrogens with zero attached hydrogens (tertiary/aromatic N) is 5. The number of hydrogen-bond donors (Lipinski definition) is 0. The molecule has 0 spiro atoms. The van der Waals surface area contributed by atoms with E-state index in [2.05, 4.69) is 15.0 Å². The summed E-state index contributed by atoms with van der Waals surface area (Å²) in [4.78, 5) is 10.7. The maximum absolute atomic E-state index is 13.1. The molecule has 0 aliphatic heterocycles. The van der Waals surface area contributed by atoms with Crippen LogP contribution in [0, 0.1) is 0 Å². The predicted molar refractivity (Wildman–Crippen MR) is 100 cm³/mol. The van der Waals surface area contributed by atoms with Gasteiger partial charge in [0.2, 0.25) is 0 Å². The average Bonchev–Trinajstić information content (AvgIpc) is 3.27. The van der Waals surface area contributed by atoms with Crippen molar-refractivity contribution in [1.29, 1.82) is 0 Å². The van der Waals surface area contributed by atoms with Gasteiger partial charge >= 0.3 is 12.4 Å². The highest BCUT2D eigenvalue weighted by atomic mass is 32.2. The summed E-state index contributed by atoms with van der Waals surface area (Å²) in [6.45, 7) is 1.35. The molecule has 14 heteroatoms. The van der Waals surface area contributed by atoms with Gasteiger partial charge in [-0.25, -0.2) is 23.4 Å². The number of pyridine rings is 2. The van der Waals surface area contributed by atoms with Gasteiger partial charge in [-0.2, -0.15) is 26.3 Å². The molecule has 170 valence electrons. The van der Waals surface area contributed by atoms with Crippen LogP contribution in [-0.2, 0) is 29.2 Å². The molecule has 4 heterocycles. The lowest BCUT2D eigenvalue weighted by molar-refractivity contribution is -0.141. The highest BCUT2D eigenvalue weighted by molar-refractivity contribution is 7.91. The predicted octanol–water partition coefficient (Wildman–Crippen LogP) is 4.11. The standard InChI is InChI=1S/C18H13F6N5O2S/c1-3-32(30,31)12-7-29-8-14(18(22,23)24)27-15(29)4-9(12)16-26-10-5-13(17(19,20)21)25-6-11(10)28(16)2/h4-8H,3H2,1-2H3. The molecule has 0 aliphatic carbocycles. The summed E-state index contributed by atoms with van der Waals surface area (Å²) < 4.78 is 106. The molecule has 0 amide bonds. The number of aromatic nitrogens is 5. The van der Waals surface area contributed by atoms with Crippen LogP contribution in [-0.4, -0.2) is 38.1 Å². The van der Waals surface area contributed by atoms with E-state index in [4.69, 9.17) is 0 Å². The quantitative estimate of drug-likeness (QED) is 0.415. The van der Waals surface area contributed by atoms with Crippen molar-refractivity contribution >= 4 is 26.5 Å². The molecule has 32 heavy (non-hydrogen) atoms. The van der Waals surface area contributed by atoms with Crippen LogP contribution in [0.2, 0.25) is 0 Å². The Balaban J connectivity index is 2.03. The summed E-state index contributed by atoms with van der Waals surface area (Å²) in [7, 11) is -2.53. The molecule has 0 saturated heterocycles. The second kappa shape index (κ2) is 6.92. The Morgan fingerprint density at radius 2 is 1.62 bits per heavy atom. The van der Waals surface area contributed by atoms with Gasteiger partial charge in [-0.15, -0.1) is 0 Å². The molecule has 0 atom stereocenters. The van der Waals surface area contributed by atoms with E-state index < -0.39 is 33.6 Å². The van der Waals surface area contributed by atoms with Gasteiger partial charge in [-0.3, -0.25) is 0 Å². The number of sulfone groups is 1. The summed E-state index contributed by atoms with van der Waals surface area (Å²) in [5.74, 6) is -0.428. The third-order valence-electron chi connectivity index (χ3n) is 4.86. The van der Waals surface area contributed by atoms with Crippen LogP contribution in [0.15, 0.2) is 35.6 Å². The van der Waals surface area contributed by atoms with Crippen LogP contribution in [0.5, 0.6) is 0 Å². The second-order valence-electron chi connectivity index (χ2n) is 6.89.